The van der Waals surface area contributed by atoms with Crippen molar-refractivity contribution < 1.29 is 9.53 Å². The molecule has 1 amide bonds. The number of nitrogens with one attached hydrogen (secondary N) is 2. The highest BCUT2D eigenvalue weighted by Gasteiger charge is 2.11. The summed E-state index contributed by atoms with van der Waals surface area (Å²) in [7, 11) is 1.61. The van der Waals surface area contributed by atoms with Gasteiger partial charge in [0, 0.05) is 32.4 Å². The Balaban J connectivity index is 2.34. The van der Waals surface area contributed by atoms with Crippen LogP contribution in [0.4, 0.5) is 0 Å². The van der Waals surface area contributed by atoms with Crippen LogP contribution in [-0.4, -0.2) is 51.1 Å². The number of hydrogen-bond acceptors (Lipinski definition) is 4. The first-order chi connectivity index (χ1) is 6.86. The minimum Gasteiger partial charge on any atom is -0.498 e. The monoisotopic (exact) mass is 199 g/mol. The van der Waals surface area contributed by atoms with Crippen molar-refractivity contribution in [2.45, 2.75) is 0 Å². The SMILES string of the molecule is CO/C(=C\NC=O)CN1CCNCC1. The van der Waals surface area contributed by atoms with Gasteiger partial charge in [-0.3, -0.25) is 9.69 Å². The van der Waals surface area contributed by atoms with E-state index in [1.165, 1.54) is 0 Å². The fraction of sp³-hybridized carbons (Fsp3) is 0.667. The van der Waals surface area contributed by atoms with Gasteiger partial charge < -0.3 is 15.4 Å². The number of amides is 1. The Morgan fingerprint density at radius 2 is 2.29 bits per heavy atom. The first-order valence-electron chi connectivity index (χ1n) is 4.72. The topological polar surface area (TPSA) is 53.6 Å². The third kappa shape index (κ3) is 3.76. The van der Waals surface area contributed by atoms with Crippen LogP contribution in [0.2, 0.25) is 0 Å². The van der Waals surface area contributed by atoms with E-state index in [9.17, 15) is 4.79 Å². The summed E-state index contributed by atoms with van der Waals surface area (Å²) in [5, 5.41) is 5.75. The van der Waals surface area contributed by atoms with Crippen LogP contribution in [0.5, 0.6) is 0 Å². The van der Waals surface area contributed by atoms with Gasteiger partial charge in [0.25, 0.3) is 0 Å². The Hall–Kier alpha value is -1.07. The zero-order valence-corrected chi connectivity index (χ0v) is 8.45. The van der Waals surface area contributed by atoms with E-state index in [0.717, 1.165) is 38.5 Å². The summed E-state index contributed by atoms with van der Waals surface area (Å²) in [6.07, 6.45) is 2.23. The van der Waals surface area contributed by atoms with Crippen molar-refractivity contribution >= 4 is 6.41 Å². The third-order valence-electron chi connectivity index (χ3n) is 2.16. The lowest BCUT2D eigenvalue weighted by Gasteiger charge is -2.27. The zero-order chi connectivity index (χ0) is 10.2. The molecule has 1 aliphatic heterocycles. The lowest BCUT2D eigenvalue weighted by atomic mass is 10.3. The summed E-state index contributed by atoms with van der Waals surface area (Å²) < 4.78 is 5.13. The zero-order valence-electron chi connectivity index (χ0n) is 8.45. The predicted molar refractivity (Wildman–Crippen MR) is 53.6 cm³/mol. The molecule has 14 heavy (non-hydrogen) atoms. The first kappa shape index (κ1) is 11.0. The van der Waals surface area contributed by atoms with Gasteiger partial charge in [-0.2, -0.15) is 0 Å². The Kier molecular flexibility index (Phi) is 5.03. The molecule has 0 spiro atoms. The maximum atomic E-state index is 10.1. The molecule has 1 fully saturated rings. The summed E-state index contributed by atoms with van der Waals surface area (Å²) >= 11 is 0. The van der Waals surface area contributed by atoms with Crippen molar-refractivity contribution in [3.05, 3.63) is 12.0 Å². The predicted octanol–water partition coefficient (Wildman–Crippen LogP) is -0.875. The highest BCUT2D eigenvalue weighted by molar-refractivity contribution is 5.47. The van der Waals surface area contributed by atoms with Gasteiger partial charge in [-0.05, 0) is 0 Å². The number of ether oxygens (including phenoxy) is 1. The molecule has 0 aliphatic carbocycles. The second-order valence-corrected chi connectivity index (χ2v) is 3.13. The second-order valence-electron chi connectivity index (χ2n) is 3.13. The quantitative estimate of drug-likeness (QED) is 0.446. The molecule has 1 rings (SSSR count). The Morgan fingerprint density at radius 3 is 2.86 bits per heavy atom. The summed E-state index contributed by atoms with van der Waals surface area (Å²) in [4.78, 5) is 12.4. The molecule has 5 heteroatoms. The van der Waals surface area contributed by atoms with Crippen molar-refractivity contribution in [1.82, 2.24) is 15.5 Å². The average molecular weight is 199 g/mol. The summed E-state index contributed by atoms with van der Waals surface area (Å²) in [5.41, 5.74) is 0. The molecule has 0 bridgehead atoms. The smallest absolute Gasteiger partial charge is 0.211 e. The van der Waals surface area contributed by atoms with Crippen molar-refractivity contribution in [3.63, 3.8) is 0 Å². The van der Waals surface area contributed by atoms with E-state index < -0.39 is 0 Å². The van der Waals surface area contributed by atoms with Gasteiger partial charge >= 0.3 is 0 Å². The second kappa shape index (κ2) is 6.39. The van der Waals surface area contributed by atoms with Gasteiger partial charge in [0.2, 0.25) is 6.41 Å². The third-order valence-corrected chi connectivity index (χ3v) is 2.16. The van der Waals surface area contributed by atoms with Crippen LogP contribution in [0, 0.1) is 0 Å². The lowest BCUT2D eigenvalue weighted by Crippen LogP contribution is -2.44. The number of piperazine rings is 1. The van der Waals surface area contributed by atoms with Crippen molar-refractivity contribution in [2.24, 2.45) is 0 Å². The van der Waals surface area contributed by atoms with Crippen LogP contribution >= 0.6 is 0 Å². The normalized spacial score (nSPS) is 19.1. The van der Waals surface area contributed by atoms with E-state index in [1.54, 1.807) is 13.3 Å². The molecule has 0 saturated carbocycles. The van der Waals surface area contributed by atoms with E-state index in [0.29, 0.717) is 6.41 Å². The molecule has 0 atom stereocenters. The van der Waals surface area contributed by atoms with Crippen molar-refractivity contribution in [1.29, 1.82) is 0 Å². The summed E-state index contributed by atoms with van der Waals surface area (Å²) in [5.74, 6) is 0.777. The van der Waals surface area contributed by atoms with E-state index in [4.69, 9.17) is 4.74 Å². The maximum absolute atomic E-state index is 10.1. The van der Waals surface area contributed by atoms with Crippen LogP contribution in [0.25, 0.3) is 0 Å². The van der Waals surface area contributed by atoms with Crippen LogP contribution in [0.3, 0.4) is 0 Å². The fourth-order valence-electron chi connectivity index (χ4n) is 1.39. The molecule has 1 heterocycles. The number of nitrogens with zero attached hydrogens (tertiary/aromatic N) is 1. The Bertz CT molecular complexity index is 200. The largest absolute Gasteiger partial charge is 0.498 e. The van der Waals surface area contributed by atoms with E-state index in [1.807, 2.05) is 0 Å². The molecular weight excluding hydrogens is 182 g/mol. The Morgan fingerprint density at radius 1 is 1.57 bits per heavy atom. The molecular formula is C9H17N3O2. The van der Waals surface area contributed by atoms with Crippen LogP contribution < -0.4 is 10.6 Å². The van der Waals surface area contributed by atoms with E-state index >= 15 is 0 Å². The molecule has 1 aliphatic rings. The van der Waals surface area contributed by atoms with Gasteiger partial charge in [-0.25, -0.2) is 0 Å². The molecule has 5 nitrogen and oxygen atoms in total. The van der Waals surface area contributed by atoms with E-state index in [2.05, 4.69) is 15.5 Å². The number of carbonyl (C=O) groups excluding carboxylic acids is 1. The summed E-state index contributed by atoms with van der Waals surface area (Å²) in [6, 6.07) is 0. The average Bonchev–Trinajstić information content (AvgIpc) is 2.25. The van der Waals surface area contributed by atoms with Gasteiger partial charge in [0.05, 0.1) is 13.7 Å². The number of rotatable bonds is 5. The molecule has 2 N–H and O–H groups in total. The van der Waals surface area contributed by atoms with Gasteiger partial charge in [0.15, 0.2) is 0 Å². The van der Waals surface area contributed by atoms with Crippen LogP contribution in [-0.2, 0) is 9.53 Å². The standard InChI is InChI=1S/C9H17N3O2/c1-14-9(6-11-8-13)7-12-4-2-10-3-5-12/h6,8,10H,2-5,7H2,1H3,(H,11,13)/b9-6-. The minimum absolute atomic E-state index is 0.636. The van der Waals surface area contributed by atoms with Gasteiger partial charge in [-0.1, -0.05) is 0 Å². The van der Waals surface area contributed by atoms with E-state index in [-0.39, 0.29) is 0 Å². The molecule has 0 aromatic carbocycles. The molecule has 80 valence electrons. The summed E-state index contributed by atoms with van der Waals surface area (Å²) in [6.45, 7) is 4.80. The lowest BCUT2D eigenvalue weighted by molar-refractivity contribution is -0.108. The van der Waals surface area contributed by atoms with Crippen LogP contribution in [0.1, 0.15) is 0 Å². The van der Waals surface area contributed by atoms with Crippen molar-refractivity contribution in [3.8, 4) is 0 Å². The highest BCUT2D eigenvalue weighted by Crippen LogP contribution is 2.00. The van der Waals surface area contributed by atoms with Crippen molar-refractivity contribution in [2.75, 3.05) is 39.8 Å². The Labute approximate surface area is 84.1 Å². The number of methoxy groups -OCH3 is 1. The number of hydrogen-bond donors (Lipinski definition) is 2. The first-order valence-corrected chi connectivity index (χ1v) is 4.72. The molecule has 0 radical (unpaired) electrons. The van der Waals surface area contributed by atoms with Gasteiger partial charge in [-0.15, -0.1) is 0 Å². The van der Waals surface area contributed by atoms with Crippen LogP contribution in [0.15, 0.2) is 12.0 Å². The molecule has 0 aromatic rings. The molecule has 1 saturated heterocycles. The maximum Gasteiger partial charge on any atom is 0.211 e. The highest BCUT2D eigenvalue weighted by atomic mass is 16.5. The van der Waals surface area contributed by atoms with Gasteiger partial charge in [0.1, 0.15) is 5.76 Å². The minimum atomic E-state index is 0.636. The fourth-order valence-corrected chi connectivity index (χ4v) is 1.39. The number of carbonyl (C=O) groups is 1. The molecule has 0 aromatic heterocycles. The molecule has 0 unspecified atom stereocenters.